The van der Waals surface area contributed by atoms with Crippen LogP contribution in [0, 0.1) is 5.92 Å². The monoisotopic (exact) mass is 322 g/mol. The number of hydrogen-bond acceptors (Lipinski definition) is 2. The molecule has 2 aliphatic rings. The van der Waals surface area contributed by atoms with Crippen LogP contribution in [0.1, 0.15) is 50.8 Å². The van der Waals surface area contributed by atoms with Gasteiger partial charge in [0.1, 0.15) is 0 Å². The fourth-order valence-corrected chi connectivity index (χ4v) is 3.28. The Morgan fingerprint density at radius 1 is 1.18 bits per heavy atom. The minimum atomic E-state index is 0. The molecule has 3 rings (SSSR count). The van der Waals surface area contributed by atoms with Crippen molar-refractivity contribution in [3.05, 3.63) is 35.4 Å². The van der Waals surface area contributed by atoms with Gasteiger partial charge in [0.25, 0.3) is 0 Å². The largest absolute Gasteiger partial charge is 0.335 e. The van der Waals surface area contributed by atoms with Gasteiger partial charge in [-0.25, -0.2) is 0 Å². The summed E-state index contributed by atoms with van der Waals surface area (Å²) in [5, 5.41) is 3.20. The summed E-state index contributed by atoms with van der Waals surface area (Å²) in [6, 6.07) is 9.17. The Morgan fingerprint density at radius 3 is 2.32 bits per heavy atom. The fourth-order valence-electron chi connectivity index (χ4n) is 3.28. The molecule has 2 saturated heterocycles. The van der Waals surface area contributed by atoms with Crippen LogP contribution in [0.15, 0.2) is 24.3 Å². The van der Waals surface area contributed by atoms with E-state index in [0.29, 0.717) is 5.91 Å². The van der Waals surface area contributed by atoms with E-state index in [1.165, 1.54) is 11.1 Å². The fraction of sp³-hybridized carbons (Fsp3) is 0.611. The predicted octanol–water partition coefficient (Wildman–Crippen LogP) is 3.29. The molecule has 122 valence electrons. The molecule has 0 aromatic heterocycles. The molecular formula is C18H27ClN2O. The van der Waals surface area contributed by atoms with E-state index >= 15 is 0 Å². The van der Waals surface area contributed by atoms with Crippen LogP contribution in [0.25, 0.3) is 0 Å². The zero-order valence-corrected chi connectivity index (χ0v) is 14.6. The third-order valence-electron chi connectivity index (χ3n) is 4.83. The molecule has 2 fully saturated rings. The minimum absolute atomic E-state index is 0. The molecule has 1 atom stereocenters. The van der Waals surface area contributed by atoms with Crippen molar-refractivity contribution >= 4 is 18.3 Å². The maximum atomic E-state index is 12.5. The summed E-state index contributed by atoms with van der Waals surface area (Å²) >= 11 is 0. The molecule has 1 aromatic rings. The first-order valence-electron chi connectivity index (χ1n) is 8.08. The predicted molar refractivity (Wildman–Crippen MR) is 92.4 cm³/mol. The first-order chi connectivity index (χ1) is 9.97. The first kappa shape index (κ1) is 17.3. The molecule has 1 aromatic carbocycles. The van der Waals surface area contributed by atoms with E-state index < -0.39 is 0 Å². The average Bonchev–Trinajstić information content (AvgIpc) is 2.84. The van der Waals surface area contributed by atoms with Gasteiger partial charge in [0, 0.05) is 19.6 Å². The minimum Gasteiger partial charge on any atom is -0.335 e. The molecule has 3 nitrogen and oxygen atoms in total. The van der Waals surface area contributed by atoms with Crippen molar-refractivity contribution in [2.75, 3.05) is 19.6 Å². The first-order valence-corrected chi connectivity index (χ1v) is 8.08. The molecule has 1 unspecified atom stereocenters. The second kappa shape index (κ2) is 6.59. The lowest BCUT2D eigenvalue weighted by molar-refractivity contribution is -0.138. The van der Waals surface area contributed by atoms with Crippen LogP contribution >= 0.6 is 12.4 Å². The highest BCUT2D eigenvalue weighted by Gasteiger charge is 2.36. The summed E-state index contributed by atoms with van der Waals surface area (Å²) in [7, 11) is 0. The number of halogens is 1. The van der Waals surface area contributed by atoms with E-state index in [1.54, 1.807) is 0 Å². The third-order valence-corrected chi connectivity index (χ3v) is 4.83. The molecule has 2 aliphatic heterocycles. The standard InChI is InChI=1S/C18H26N2O.ClH/c1-18(2,3)15-8-6-13(7-9-15)16-5-4-10-20(16)17(21)14-11-19-12-14;/h6-9,14,16,19H,4-5,10-12H2,1-3H3;1H. The highest BCUT2D eigenvalue weighted by atomic mass is 35.5. The van der Waals surface area contributed by atoms with Crippen molar-refractivity contribution in [3.8, 4) is 0 Å². The van der Waals surface area contributed by atoms with Gasteiger partial charge in [-0.2, -0.15) is 0 Å². The lowest BCUT2D eigenvalue weighted by Gasteiger charge is -2.33. The van der Waals surface area contributed by atoms with E-state index in [2.05, 4.69) is 55.3 Å². The van der Waals surface area contributed by atoms with Crippen molar-refractivity contribution in [3.63, 3.8) is 0 Å². The molecular weight excluding hydrogens is 296 g/mol. The molecule has 0 radical (unpaired) electrons. The number of nitrogens with one attached hydrogen (secondary N) is 1. The number of benzene rings is 1. The van der Waals surface area contributed by atoms with E-state index in [1.807, 2.05) is 0 Å². The summed E-state index contributed by atoms with van der Waals surface area (Å²) in [6.45, 7) is 9.32. The number of amides is 1. The van der Waals surface area contributed by atoms with Crippen molar-refractivity contribution in [1.29, 1.82) is 0 Å². The maximum absolute atomic E-state index is 12.5. The van der Waals surface area contributed by atoms with Crippen LogP contribution in [-0.2, 0) is 10.2 Å². The van der Waals surface area contributed by atoms with Crippen LogP contribution in [0.5, 0.6) is 0 Å². The summed E-state index contributed by atoms with van der Waals surface area (Å²) in [5.41, 5.74) is 2.83. The molecule has 0 saturated carbocycles. The Balaban J connectivity index is 0.00000176. The molecule has 1 N–H and O–H groups in total. The normalized spacial score (nSPS) is 22.1. The lowest BCUT2D eigenvalue weighted by atomic mass is 9.86. The molecule has 0 aliphatic carbocycles. The number of likely N-dealkylation sites (tertiary alicyclic amines) is 1. The molecule has 0 spiro atoms. The number of nitrogens with zero attached hydrogens (tertiary/aromatic N) is 1. The second-order valence-electron chi connectivity index (χ2n) is 7.42. The van der Waals surface area contributed by atoms with Crippen molar-refractivity contribution in [2.45, 2.75) is 45.1 Å². The van der Waals surface area contributed by atoms with Crippen molar-refractivity contribution in [2.24, 2.45) is 5.92 Å². The topological polar surface area (TPSA) is 32.3 Å². The van der Waals surface area contributed by atoms with E-state index in [-0.39, 0.29) is 29.8 Å². The van der Waals surface area contributed by atoms with Gasteiger partial charge in [-0.1, -0.05) is 45.0 Å². The van der Waals surface area contributed by atoms with Crippen molar-refractivity contribution in [1.82, 2.24) is 10.2 Å². The highest BCUT2D eigenvalue weighted by molar-refractivity contribution is 5.85. The average molecular weight is 323 g/mol. The Bertz CT molecular complexity index is 517. The van der Waals surface area contributed by atoms with Crippen LogP contribution in [-0.4, -0.2) is 30.4 Å². The summed E-state index contributed by atoms with van der Waals surface area (Å²) in [6.07, 6.45) is 2.22. The van der Waals surface area contributed by atoms with Gasteiger partial charge >= 0.3 is 0 Å². The zero-order chi connectivity index (χ0) is 15.0. The molecule has 4 heteroatoms. The van der Waals surface area contributed by atoms with E-state index in [4.69, 9.17) is 0 Å². The Hall–Kier alpha value is -1.06. The lowest BCUT2D eigenvalue weighted by Crippen LogP contribution is -2.51. The maximum Gasteiger partial charge on any atom is 0.228 e. The van der Waals surface area contributed by atoms with E-state index in [9.17, 15) is 4.79 Å². The molecule has 22 heavy (non-hydrogen) atoms. The Labute approximate surface area is 139 Å². The SMILES string of the molecule is CC(C)(C)c1ccc(C2CCCN2C(=O)C2CNC2)cc1.Cl. The van der Waals surface area contributed by atoms with Gasteiger partial charge < -0.3 is 10.2 Å². The Kier molecular flexibility index (Phi) is 5.18. The van der Waals surface area contributed by atoms with Gasteiger partial charge in [-0.05, 0) is 29.4 Å². The van der Waals surface area contributed by atoms with Gasteiger partial charge in [-0.15, -0.1) is 12.4 Å². The second-order valence-corrected chi connectivity index (χ2v) is 7.42. The van der Waals surface area contributed by atoms with Gasteiger partial charge in [0.05, 0.1) is 12.0 Å². The summed E-state index contributed by atoms with van der Waals surface area (Å²) in [4.78, 5) is 14.6. The zero-order valence-electron chi connectivity index (χ0n) is 13.8. The van der Waals surface area contributed by atoms with Crippen LogP contribution in [0.2, 0.25) is 0 Å². The van der Waals surface area contributed by atoms with Gasteiger partial charge in [-0.3, -0.25) is 4.79 Å². The molecule has 0 bridgehead atoms. The Morgan fingerprint density at radius 2 is 1.82 bits per heavy atom. The van der Waals surface area contributed by atoms with Crippen molar-refractivity contribution < 1.29 is 4.79 Å². The van der Waals surface area contributed by atoms with Crippen LogP contribution in [0.3, 0.4) is 0 Å². The number of carbonyl (C=O) groups is 1. The van der Waals surface area contributed by atoms with Crippen LogP contribution < -0.4 is 5.32 Å². The highest BCUT2D eigenvalue weighted by Crippen LogP contribution is 2.34. The smallest absolute Gasteiger partial charge is 0.228 e. The van der Waals surface area contributed by atoms with E-state index in [0.717, 1.165) is 32.5 Å². The number of carbonyl (C=O) groups excluding carboxylic acids is 1. The quantitative estimate of drug-likeness (QED) is 0.906. The number of hydrogen-bond donors (Lipinski definition) is 1. The van der Waals surface area contributed by atoms with Gasteiger partial charge in [0.2, 0.25) is 5.91 Å². The molecule has 1 amide bonds. The summed E-state index contributed by atoms with van der Waals surface area (Å²) in [5.74, 6) is 0.551. The molecule has 2 heterocycles. The third kappa shape index (κ3) is 3.31. The van der Waals surface area contributed by atoms with Gasteiger partial charge in [0.15, 0.2) is 0 Å². The number of rotatable bonds is 2. The summed E-state index contributed by atoms with van der Waals surface area (Å²) < 4.78 is 0. The van der Waals surface area contributed by atoms with Crippen LogP contribution in [0.4, 0.5) is 0 Å².